The highest BCUT2D eigenvalue weighted by atomic mass is 16.5. The van der Waals surface area contributed by atoms with Crippen LogP contribution in [0.15, 0.2) is 73.0 Å². The molecule has 11 nitrogen and oxygen atoms in total. The molecule has 324 valence electrons. The number of imide groups is 1. The molecule has 2 aliphatic carbocycles. The molecule has 6 heterocycles. The average molecular weight is 836 g/mol. The zero-order chi connectivity index (χ0) is 42.7. The quantitative estimate of drug-likeness (QED) is 0.145. The van der Waals surface area contributed by atoms with E-state index < -0.39 is 6.04 Å². The molecular formula is C51H61N7O4. The number of ether oxygens (including phenoxy) is 1. The monoisotopic (exact) mass is 835 g/mol. The van der Waals surface area contributed by atoms with Gasteiger partial charge in [0, 0.05) is 83.8 Å². The molecule has 11 heteroatoms. The number of aromatic amines is 1. The largest absolute Gasteiger partial charge is 0.474 e. The summed E-state index contributed by atoms with van der Waals surface area (Å²) in [4.78, 5) is 55.0. The molecule has 0 radical (unpaired) electrons. The minimum atomic E-state index is -0.609. The van der Waals surface area contributed by atoms with Crippen LogP contribution >= 0.6 is 0 Å². The molecule has 5 fully saturated rings. The highest BCUT2D eigenvalue weighted by molar-refractivity contribution is 6.14. The summed E-state index contributed by atoms with van der Waals surface area (Å²) in [6.45, 7) is 13.7. The summed E-state index contributed by atoms with van der Waals surface area (Å²) < 4.78 is 5.84. The van der Waals surface area contributed by atoms with Crippen molar-refractivity contribution in [2.75, 3.05) is 57.8 Å². The summed E-state index contributed by atoms with van der Waals surface area (Å²) in [6.07, 6.45) is 19.7. The predicted molar refractivity (Wildman–Crippen MR) is 248 cm³/mol. The number of anilines is 1. The molecule has 6 aliphatic rings. The fourth-order valence-corrected chi connectivity index (χ4v) is 9.76. The second-order valence-corrected chi connectivity index (χ2v) is 18.0. The standard InChI is InChI=1S/C29H39N5O3.C22H22N2O/c1-31-13-10-20(11-14-31)3-2-12-32-15-17-33(18-16-32)22-6-7-23-24(19-22)29(37)34(27(23)21-4-5-21)25-8-9-26(35)30-28(25)36;1-3-6-20-18(4-2)19-11-9-15(13-21(19)24-20)16-10-12-22(23-14-16)25-17-7-5-8-17/h6-7,19-20,25H,2-5,8-18H2,1H3,(H,30,35,36);3-4,6,9-14,17,24H,2,5,7-8H2,1H3/b;6-3-. The van der Waals surface area contributed by atoms with Crippen molar-refractivity contribution in [1.29, 1.82) is 0 Å². The molecule has 2 aromatic carbocycles. The SMILES string of the molecule is C=Cc1c(/C=C\C)[nH]c2cc(-c3ccc(OC4CCC4)nc3)ccc12.CN1CCC(CCCN2CCN(c3ccc4c(c3)C(=O)N(C3CCC(=O)NC3=O)C4=C3CC3)CC2)CC1. The van der Waals surface area contributed by atoms with Gasteiger partial charge in [0.25, 0.3) is 5.91 Å². The van der Waals surface area contributed by atoms with Gasteiger partial charge < -0.3 is 19.5 Å². The second-order valence-electron chi connectivity index (χ2n) is 18.0. The van der Waals surface area contributed by atoms with Gasteiger partial charge in [-0.2, -0.15) is 0 Å². The van der Waals surface area contributed by atoms with Crippen molar-refractivity contribution in [2.45, 2.75) is 89.7 Å². The molecule has 1 atom stereocenters. The molecule has 2 N–H and O–H groups in total. The number of piperidine rings is 2. The molecule has 3 saturated heterocycles. The van der Waals surface area contributed by atoms with Crippen LogP contribution in [-0.4, -0.2) is 107 Å². The van der Waals surface area contributed by atoms with Crippen molar-refractivity contribution in [3.05, 3.63) is 95.3 Å². The molecule has 1 unspecified atom stereocenters. The number of likely N-dealkylation sites (tertiary alicyclic amines) is 1. The molecule has 62 heavy (non-hydrogen) atoms. The number of benzene rings is 2. The Kier molecular flexibility index (Phi) is 12.4. The molecule has 4 aliphatic heterocycles. The lowest BCUT2D eigenvalue weighted by Crippen LogP contribution is -2.52. The van der Waals surface area contributed by atoms with Gasteiger partial charge in [-0.1, -0.05) is 36.9 Å². The normalized spacial score (nSPS) is 21.3. The number of H-pyrrole nitrogens is 1. The fourth-order valence-electron chi connectivity index (χ4n) is 9.76. The van der Waals surface area contributed by atoms with Gasteiger partial charge in [0.1, 0.15) is 12.1 Å². The summed E-state index contributed by atoms with van der Waals surface area (Å²) in [5.74, 6) is 0.904. The molecule has 3 amide bonds. The van der Waals surface area contributed by atoms with Gasteiger partial charge in [0.2, 0.25) is 17.7 Å². The Morgan fingerprint density at radius 1 is 0.871 bits per heavy atom. The van der Waals surface area contributed by atoms with E-state index >= 15 is 0 Å². The van der Waals surface area contributed by atoms with E-state index in [1.54, 1.807) is 4.90 Å². The smallest absolute Gasteiger partial charge is 0.259 e. The number of rotatable bonds is 11. The maximum atomic E-state index is 13.6. The number of allylic oxidation sites excluding steroid dienone is 2. The van der Waals surface area contributed by atoms with Crippen molar-refractivity contribution < 1.29 is 19.1 Å². The van der Waals surface area contributed by atoms with E-state index in [0.29, 0.717) is 18.1 Å². The van der Waals surface area contributed by atoms with E-state index in [1.807, 2.05) is 37.4 Å². The van der Waals surface area contributed by atoms with Crippen LogP contribution in [0.3, 0.4) is 0 Å². The van der Waals surface area contributed by atoms with E-state index in [-0.39, 0.29) is 24.1 Å². The van der Waals surface area contributed by atoms with Crippen LogP contribution in [-0.2, 0) is 9.59 Å². The minimum absolute atomic E-state index is 0.103. The van der Waals surface area contributed by atoms with E-state index in [2.05, 4.69) is 86.1 Å². The van der Waals surface area contributed by atoms with Crippen molar-refractivity contribution in [2.24, 2.45) is 5.92 Å². The number of amides is 3. The number of nitrogens with zero attached hydrogens (tertiary/aromatic N) is 5. The first-order chi connectivity index (χ1) is 30.3. The van der Waals surface area contributed by atoms with E-state index in [1.165, 1.54) is 62.7 Å². The number of aromatic nitrogens is 2. The highest BCUT2D eigenvalue weighted by Crippen LogP contribution is 2.46. The number of nitrogens with one attached hydrogen (secondary N) is 2. The number of pyridine rings is 1. The maximum absolute atomic E-state index is 13.6. The molecule has 10 rings (SSSR count). The lowest BCUT2D eigenvalue weighted by Gasteiger charge is -2.36. The van der Waals surface area contributed by atoms with Gasteiger partial charge in [0.05, 0.1) is 11.3 Å². The molecule has 0 bridgehead atoms. The van der Waals surface area contributed by atoms with Crippen molar-refractivity contribution >= 4 is 52.2 Å². The van der Waals surface area contributed by atoms with Crippen molar-refractivity contribution in [3.63, 3.8) is 0 Å². The van der Waals surface area contributed by atoms with Crippen LogP contribution < -0.4 is 15.0 Å². The minimum Gasteiger partial charge on any atom is -0.474 e. The zero-order valence-electron chi connectivity index (χ0n) is 36.5. The molecule has 4 aromatic rings. The summed E-state index contributed by atoms with van der Waals surface area (Å²) in [5, 5.41) is 3.61. The van der Waals surface area contributed by atoms with Crippen molar-refractivity contribution in [3.8, 4) is 17.0 Å². The van der Waals surface area contributed by atoms with E-state index in [0.717, 1.165) is 109 Å². The topological polar surface area (TPSA) is 114 Å². The number of carbonyl (C=O) groups is 3. The van der Waals surface area contributed by atoms with E-state index in [9.17, 15) is 14.4 Å². The maximum Gasteiger partial charge on any atom is 0.259 e. The van der Waals surface area contributed by atoms with Gasteiger partial charge in [-0.05, 0) is 145 Å². The third-order valence-corrected chi connectivity index (χ3v) is 13.8. The Morgan fingerprint density at radius 2 is 1.66 bits per heavy atom. The van der Waals surface area contributed by atoms with Crippen molar-refractivity contribution in [1.82, 2.24) is 30.0 Å². The Morgan fingerprint density at radius 3 is 2.34 bits per heavy atom. The van der Waals surface area contributed by atoms with Gasteiger partial charge in [0.15, 0.2) is 0 Å². The first-order valence-electron chi connectivity index (χ1n) is 23.0. The molecule has 2 aromatic heterocycles. The first-order valence-corrected chi connectivity index (χ1v) is 23.0. The molecular weight excluding hydrogens is 775 g/mol. The van der Waals surface area contributed by atoms with Gasteiger partial charge in [-0.3, -0.25) is 29.5 Å². The Bertz CT molecular complexity index is 2370. The summed E-state index contributed by atoms with van der Waals surface area (Å²) in [6, 6.07) is 16.1. The lowest BCUT2D eigenvalue weighted by molar-refractivity contribution is -0.136. The molecule has 2 saturated carbocycles. The lowest BCUT2D eigenvalue weighted by atomic mass is 9.92. The van der Waals surface area contributed by atoms with E-state index in [4.69, 9.17) is 4.74 Å². The first kappa shape index (κ1) is 41.8. The van der Waals surface area contributed by atoms with Crippen LogP contribution in [0.2, 0.25) is 0 Å². The van der Waals surface area contributed by atoms with Gasteiger partial charge in [-0.25, -0.2) is 4.98 Å². The zero-order valence-corrected chi connectivity index (χ0v) is 36.5. The summed E-state index contributed by atoms with van der Waals surface area (Å²) in [5.41, 5.74) is 10.4. The molecule has 0 spiro atoms. The number of fused-ring (bicyclic) bond motifs is 2. The van der Waals surface area contributed by atoms with Crippen LogP contribution in [0.1, 0.15) is 105 Å². The Labute approximate surface area is 365 Å². The summed E-state index contributed by atoms with van der Waals surface area (Å²) in [7, 11) is 2.23. The van der Waals surface area contributed by atoms with Crippen LogP contribution in [0.5, 0.6) is 5.88 Å². The van der Waals surface area contributed by atoms with Gasteiger partial charge in [-0.15, -0.1) is 0 Å². The van der Waals surface area contributed by atoms with Crippen LogP contribution in [0.25, 0.3) is 39.9 Å². The Hall–Kier alpha value is -5.52. The number of hydrogen-bond donors (Lipinski definition) is 2. The van der Waals surface area contributed by atoms with Gasteiger partial charge >= 0.3 is 0 Å². The third-order valence-electron chi connectivity index (χ3n) is 13.8. The second kappa shape index (κ2) is 18.4. The van der Waals surface area contributed by atoms with Crippen LogP contribution in [0, 0.1) is 5.92 Å². The Balaban J connectivity index is 0.000000171. The van der Waals surface area contributed by atoms with Crippen LogP contribution in [0.4, 0.5) is 5.69 Å². The number of piperazine rings is 1. The summed E-state index contributed by atoms with van der Waals surface area (Å²) >= 11 is 0. The predicted octanol–water partition coefficient (Wildman–Crippen LogP) is 8.53. The third kappa shape index (κ3) is 9.01. The number of hydrogen-bond acceptors (Lipinski definition) is 8. The number of carbonyl (C=O) groups excluding carboxylic acids is 3. The highest BCUT2D eigenvalue weighted by Gasteiger charge is 2.44. The fraction of sp³-hybridized carbons (Fsp3) is 0.451. The average Bonchev–Trinajstić information content (AvgIpc) is 3.99.